The van der Waals surface area contributed by atoms with Gasteiger partial charge in [0.25, 0.3) is 0 Å². The Labute approximate surface area is 96.8 Å². The second-order valence-electron chi connectivity index (χ2n) is 5.52. The van der Waals surface area contributed by atoms with E-state index in [4.69, 9.17) is 5.73 Å². The molecule has 92 valence electrons. The van der Waals surface area contributed by atoms with Crippen molar-refractivity contribution in [3.05, 3.63) is 0 Å². The van der Waals surface area contributed by atoms with Crippen LogP contribution >= 0.6 is 0 Å². The second-order valence-corrected chi connectivity index (χ2v) is 5.52. The van der Waals surface area contributed by atoms with Crippen molar-refractivity contribution in [2.24, 2.45) is 17.1 Å². The van der Waals surface area contributed by atoms with E-state index in [0.29, 0.717) is 38.4 Å². The molecule has 0 bridgehead atoms. The quantitative estimate of drug-likeness (QED) is 0.714. The predicted molar refractivity (Wildman–Crippen MR) is 61.7 cm³/mol. The van der Waals surface area contributed by atoms with Gasteiger partial charge in [-0.3, -0.25) is 4.79 Å². The summed E-state index contributed by atoms with van der Waals surface area (Å²) >= 11 is 0. The Morgan fingerprint density at radius 1 is 1.44 bits per heavy atom. The van der Waals surface area contributed by atoms with Gasteiger partial charge >= 0.3 is 0 Å². The highest BCUT2D eigenvalue weighted by atomic mass is 16.3. The topological polar surface area (TPSA) is 66.6 Å². The SMILES string of the molecule is CC1CC(CN)(C(=O)N2CCC(O)CC2)C1. The molecular formula is C12H22N2O2. The summed E-state index contributed by atoms with van der Waals surface area (Å²) in [5.74, 6) is 0.850. The number of rotatable bonds is 2. The second kappa shape index (κ2) is 4.34. The summed E-state index contributed by atoms with van der Waals surface area (Å²) < 4.78 is 0. The van der Waals surface area contributed by atoms with E-state index in [1.807, 2.05) is 4.90 Å². The number of aliphatic hydroxyl groups excluding tert-OH is 1. The lowest BCUT2D eigenvalue weighted by Crippen LogP contribution is -2.56. The van der Waals surface area contributed by atoms with Crippen molar-refractivity contribution < 1.29 is 9.90 Å². The zero-order valence-corrected chi connectivity index (χ0v) is 9.98. The van der Waals surface area contributed by atoms with Crippen molar-refractivity contribution >= 4 is 5.91 Å². The van der Waals surface area contributed by atoms with Crippen LogP contribution < -0.4 is 5.73 Å². The molecule has 16 heavy (non-hydrogen) atoms. The Hall–Kier alpha value is -0.610. The predicted octanol–water partition coefficient (Wildman–Crippen LogP) is 0.345. The molecule has 0 aromatic rings. The maximum atomic E-state index is 12.3. The molecule has 2 aliphatic rings. The maximum Gasteiger partial charge on any atom is 0.230 e. The minimum absolute atomic E-state index is 0.222. The first-order chi connectivity index (χ1) is 7.57. The number of nitrogens with two attached hydrogens (primary N) is 1. The number of aliphatic hydroxyl groups is 1. The van der Waals surface area contributed by atoms with Crippen molar-refractivity contribution in [3.63, 3.8) is 0 Å². The van der Waals surface area contributed by atoms with Crippen molar-refractivity contribution in [1.29, 1.82) is 0 Å². The van der Waals surface area contributed by atoms with Crippen LogP contribution in [0.25, 0.3) is 0 Å². The van der Waals surface area contributed by atoms with E-state index in [0.717, 1.165) is 12.8 Å². The van der Waals surface area contributed by atoms with Gasteiger partial charge in [-0.25, -0.2) is 0 Å². The third-order valence-corrected chi connectivity index (χ3v) is 4.07. The average molecular weight is 226 g/mol. The number of likely N-dealkylation sites (tertiary alicyclic amines) is 1. The first-order valence-electron chi connectivity index (χ1n) is 6.25. The molecule has 1 saturated carbocycles. The lowest BCUT2D eigenvalue weighted by atomic mass is 9.61. The molecule has 1 aliphatic heterocycles. The number of hydrogen-bond donors (Lipinski definition) is 2. The van der Waals surface area contributed by atoms with Crippen LogP contribution in [0.15, 0.2) is 0 Å². The molecule has 0 spiro atoms. The standard InChI is InChI=1S/C12H22N2O2/c1-9-6-12(7-9,8-13)11(16)14-4-2-10(15)3-5-14/h9-10,15H,2-8,13H2,1H3. The van der Waals surface area contributed by atoms with Gasteiger partial charge in [-0.1, -0.05) is 6.92 Å². The third kappa shape index (κ3) is 1.96. The smallest absolute Gasteiger partial charge is 0.230 e. The van der Waals surface area contributed by atoms with E-state index in [9.17, 15) is 9.90 Å². The van der Waals surface area contributed by atoms with Crippen LogP contribution in [0, 0.1) is 11.3 Å². The summed E-state index contributed by atoms with van der Waals surface area (Å²) in [7, 11) is 0. The summed E-state index contributed by atoms with van der Waals surface area (Å²) in [6.07, 6.45) is 3.06. The largest absolute Gasteiger partial charge is 0.393 e. The van der Waals surface area contributed by atoms with E-state index in [1.54, 1.807) is 0 Å². The molecule has 0 aromatic carbocycles. The van der Waals surface area contributed by atoms with E-state index in [1.165, 1.54) is 0 Å². The molecule has 0 radical (unpaired) electrons. The highest BCUT2D eigenvalue weighted by Crippen LogP contribution is 2.46. The van der Waals surface area contributed by atoms with Crippen LogP contribution in [0.3, 0.4) is 0 Å². The fourth-order valence-corrected chi connectivity index (χ4v) is 3.11. The number of carbonyl (C=O) groups is 1. The summed E-state index contributed by atoms with van der Waals surface area (Å²) in [6.45, 7) is 4.02. The van der Waals surface area contributed by atoms with Gasteiger partial charge in [-0.05, 0) is 31.6 Å². The number of piperidine rings is 1. The van der Waals surface area contributed by atoms with Gasteiger partial charge in [-0.2, -0.15) is 0 Å². The highest BCUT2D eigenvalue weighted by Gasteiger charge is 2.49. The van der Waals surface area contributed by atoms with Gasteiger partial charge in [0.05, 0.1) is 11.5 Å². The van der Waals surface area contributed by atoms with Gasteiger partial charge in [-0.15, -0.1) is 0 Å². The first-order valence-corrected chi connectivity index (χ1v) is 6.25. The molecule has 4 heteroatoms. The molecule has 0 aromatic heterocycles. The minimum Gasteiger partial charge on any atom is -0.393 e. The van der Waals surface area contributed by atoms with Crippen molar-refractivity contribution in [3.8, 4) is 0 Å². The highest BCUT2D eigenvalue weighted by molar-refractivity contribution is 5.84. The Balaban J connectivity index is 1.96. The summed E-state index contributed by atoms with van der Waals surface area (Å²) in [4.78, 5) is 14.2. The maximum absolute atomic E-state index is 12.3. The molecule has 0 unspecified atom stereocenters. The summed E-state index contributed by atoms with van der Waals surface area (Å²) in [6, 6.07) is 0. The normalized spacial score (nSPS) is 35.9. The molecule has 1 aliphatic carbocycles. The van der Waals surface area contributed by atoms with Crippen LogP contribution in [0.1, 0.15) is 32.6 Å². The van der Waals surface area contributed by atoms with Crippen LogP contribution in [-0.4, -0.2) is 41.7 Å². The molecule has 2 fully saturated rings. The lowest BCUT2D eigenvalue weighted by Gasteiger charge is -2.47. The van der Waals surface area contributed by atoms with Crippen LogP contribution in [0.4, 0.5) is 0 Å². The van der Waals surface area contributed by atoms with Gasteiger partial charge in [0.15, 0.2) is 0 Å². The molecule has 4 nitrogen and oxygen atoms in total. The van der Waals surface area contributed by atoms with Crippen molar-refractivity contribution in [2.75, 3.05) is 19.6 Å². The van der Waals surface area contributed by atoms with Crippen molar-refractivity contribution in [1.82, 2.24) is 4.90 Å². The van der Waals surface area contributed by atoms with E-state index < -0.39 is 0 Å². The first kappa shape index (κ1) is 11.9. The van der Waals surface area contributed by atoms with E-state index in [-0.39, 0.29) is 17.4 Å². The lowest BCUT2D eigenvalue weighted by molar-refractivity contribution is -0.151. The molecule has 1 amide bonds. The molecule has 2 rings (SSSR count). The summed E-state index contributed by atoms with van der Waals surface area (Å²) in [5, 5.41) is 9.42. The van der Waals surface area contributed by atoms with Crippen LogP contribution in [0.5, 0.6) is 0 Å². The Morgan fingerprint density at radius 2 is 2.00 bits per heavy atom. The van der Waals surface area contributed by atoms with E-state index >= 15 is 0 Å². The third-order valence-electron chi connectivity index (χ3n) is 4.07. The number of amides is 1. The molecular weight excluding hydrogens is 204 g/mol. The zero-order chi connectivity index (χ0) is 11.8. The Kier molecular flexibility index (Phi) is 3.22. The van der Waals surface area contributed by atoms with Gasteiger partial charge in [0.1, 0.15) is 0 Å². The van der Waals surface area contributed by atoms with Gasteiger partial charge in [0, 0.05) is 19.6 Å². The fourth-order valence-electron chi connectivity index (χ4n) is 3.11. The van der Waals surface area contributed by atoms with Crippen LogP contribution in [0.2, 0.25) is 0 Å². The molecule has 3 N–H and O–H groups in total. The average Bonchev–Trinajstić information content (AvgIpc) is 2.24. The summed E-state index contributed by atoms with van der Waals surface area (Å²) in [5.41, 5.74) is 5.49. The number of nitrogens with zero attached hydrogens (tertiary/aromatic N) is 1. The van der Waals surface area contributed by atoms with Gasteiger partial charge < -0.3 is 15.7 Å². The van der Waals surface area contributed by atoms with Crippen molar-refractivity contribution in [2.45, 2.75) is 38.7 Å². The number of carbonyl (C=O) groups excluding carboxylic acids is 1. The Morgan fingerprint density at radius 3 is 2.44 bits per heavy atom. The Bertz CT molecular complexity index is 266. The number of hydrogen-bond acceptors (Lipinski definition) is 3. The fraction of sp³-hybridized carbons (Fsp3) is 0.917. The monoisotopic (exact) mass is 226 g/mol. The zero-order valence-electron chi connectivity index (χ0n) is 9.98. The minimum atomic E-state index is -0.276. The molecule has 1 heterocycles. The molecule has 0 atom stereocenters. The molecule has 1 saturated heterocycles. The van der Waals surface area contributed by atoms with E-state index in [2.05, 4.69) is 6.92 Å². The van der Waals surface area contributed by atoms with Gasteiger partial charge in [0.2, 0.25) is 5.91 Å². The van der Waals surface area contributed by atoms with Crippen LogP contribution in [-0.2, 0) is 4.79 Å².